The highest BCUT2D eigenvalue weighted by Gasteiger charge is 2.58. The molecule has 0 aromatic heterocycles. The van der Waals surface area contributed by atoms with Gasteiger partial charge in [-0.1, -0.05) is 26.7 Å². The lowest BCUT2D eigenvalue weighted by Crippen LogP contribution is -2.64. The Bertz CT molecular complexity index is 466. The minimum atomic E-state index is -0.574. The minimum absolute atomic E-state index is 0. The van der Waals surface area contributed by atoms with Crippen LogP contribution >= 0.6 is 12.4 Å². The number of hydrogen-bond donors (Lipinski definition) is 2. The summed E-state index contributed by atoms with van der Waals surface area (Å²) in [5.74, 6) is -0.258. The van der Waals surface area contributed by atoms with E-state index in [-0.39, 0.29) is 54.2 Å². The zero-order valence-corrected chi connectivity index (χ0v) is 16.7. The van der Waals surface area contributed by atoms with Crippen LogP contribution in [-0.4, -0.2) is 55.1 Å². The Hall–Kier alpha value is -0.850. The number of hydrogen-bond acceptors (Lipinski definition) is 4. The van der Waals surface area contributed by atoms with Gasteiger partial charge in [-0.2, -0.15) is 0 Å². The van der Waals surface area contributed by atoms with Crippen molar-refractivity contribution < 1.29 is 14.3 Å². The van der Waals surface area contributed by atoms with E-state index in [2.05, 4.69) is 5.32 Å². The molecule has 1 spiro atoms. The van der Waals surface area contributed by atoms with Gasteiger partial charge < -0.3 is 20.7 Å². The second kappa shape index (κ2) is 9.19. The Kier molecular flexibility index (Phi) is 8.16. The fourth-order valence-corrected chi connectivity index (χ4v) is 4.28. The molecule has 2 unspecified atom stereocenters. The van der Waals surface area contributed by atoms with Crippen LogP contribution in [0.2, 0.25) is 0 Å². The molecule has 7 heteroatoms. The van der Waals surface area contributed by atoms with Crippen LogP contribution in [0.1, 0.15) is 52.9 Å². The first-order valence-electron chi connectivity index (χ1n) is 9.24. The summed E-state index contributed by atoms with van der Waals surface area (Å²) in [5.41, 5.74) is 5.94. The molecular formula is C18H34ClN3O3. The van der Waals surface area contributed by atoms with Gasteiger partial charge in [0.2, 0.25) is 11.8 Å². The van der Waals surface area contributed by atoms with Gasteiger partial charge in [0.15, 0.2) is 0 Å². The molecule has 2 saturated carbocycles. The van der Waals surface area contributed by atoms with Crippen LogP contribution in [0.25, 0.3) is 0 Å². The van der Waals surface area contributed by atoms with Crippen LogP contribution in [0.3, 0.4) is 0 Å². The van der Waals surface area contributed by atoms with Gasteiger partial charge in [-0.3, -0.25) is 9.59 Å². The average molecular weight is 376 g/mol. The third-order valence-electron chi connectivity index (χ3n) is 5.94. The number of carbonyl (C=O) groups is 2. The molecule has 0 aliphatic heterocycles. The van der Waals surface area contributed by atoms with Gasteiger partial charge in [0.1, 0.15) is 0 Å². The van der Waals surface area contributed by atoms with E-state index in [0.717, 1.165) is 25.9 Å². The van der Waals surface area contributed by atoms with Crippen molar-refractivity contribution in [1.29, 1.82) is 0 Å². The molecule has 0 aromatic carbocycles. The van der Waals surface area contributed by atoms with E-state index in [1.54, 1.807) is 0 Å². The van der Waals surface area contributed by atoms with E-state index < -0.39 is 6.04 Å². The molecule has 0 radical (unpaired) electrons. The van der Waals surface area contributed by atoms with Crippen molar-refractivity contribution in [3.8, 4) is 0 Å². The first-order valence-corrected chi connectivity index (χ1v) is 9.24. The molecule has 6 nitrogen and oxygen atoms in total. The summed E-state index contributed by atoms with van der Waals surface area (Å²) < 4.78 is 5.91. The normalized spacial score (nSPS) is 25.2. The molecule has 2 amide bonds. The van der Waals surface area contributed by atoms with Gasteiger partial charge in [0.25, 0.3) is 0 Å². The zero-order chi connectivity index (χ0) is 17.9. The lowest BCUT2D eigenvalue weighted by molar-refractivity contribution is -0.172. The van der Waals surface area contributed by atoms with Crippen molar-refractivity contribution in [2.24, 2.45) is 17.1 Å². The third-order valence-corrected chi connectivity index (χ3v) is 5.94. The van der Waals surface area contributed by atoms with Crippen LogP contribution in [0.15, 0.2) is 0 Å². The van der Waals surface area contributed by atoms with Crippen LogP contribution in [-0.2, 0) is 14.3 Å². The standard InChI is InChI=1S/C18H33N3O3.ClH/c1-5-24-14-10-13(18(14)8-6-7-9-18)21(4)15(22)11-20-17(23)16(19)12(2)3;/h12-14,16H,5-11,19H2,1-4H3,(H,20,23);1H/t13?,14?,16-;/m0./s1. The molecule has 0 saturated heterocycles. The van der Waals surface area contributed by atoms with Gasteiger partial charge in [-0.05, 0) is 32.1 Å². The van der Waals surface area contributed by atoms with E-state index in [1.165, 1.54) is 12.8 Å². The number of likely N-dealkylation sites (N-methyl/N-ethyl adjacent to an activating group) is 1. The zero-order valence-electron chi connectivity index (χ0n) is 15.9. The SMILES string of the molecule is CCOC1CC(N(C)C(=O)CNC(=O)[C@@H](N)C(C)C)C12CCCC2.Cl. The fraction of sp³-hybridized carbons (Fsp3) is 0.889. The highest BCUT2D eigenvalue weighted by atomic mass is 35.5. The predicted octanol–water partition coefficient (Wildman–Crippen LogP) is 1.70. The van der Waals surface area contributed by atoms with E-state index >= 15 is 0 Å². The Morgan fingerprint density at radius 2 is 1.92 bits per heavy atom. The molecule has 0 heterocycles. The number of amides is 2. The van der Waals surface area contributed by atoms with E-state index in [0.29, 0.717) is 0 Å². The summed E-state index contributed by atoms with van der Waals surface area (Å²) >= 11 is 0. The van der Waals surface area contributed by atoms with E-state index in [9.17, 15) is 9.59 Å². The summed E-state index contributed by atoms with van der Waals surface area (Å²) in [5, 5.41) is 2.68. The maximum atomic E-state index is 12.5. The summed E-state index contributed by atoms with van der Waals surface area (Å²) in [6, 6.07) is -0.352. The minimum Gasteiger partial charge on any atom is -0.378 e. The summed E-state index contributed by atoms with van der Waals surface area (Å²) in [6.45, 7) is 6.55. The smallest absolute Gasteiger partial charge is 0.241 e. The monoisotopic (exact) mass is 375 g/mol. The number of nitrogens with one attached hydrogen (secondary N) is 1. The van der Waals surface area contributed by atoms with Crippen molar-refractivity contribution in [2.75, 3.05) is 20.2 Å². The van der Waals surface area contributed by atoms with Crippen molar-refractivity contribution in [2.45, 2.75) is 71.1 Å². The van der Waals surface area contributed by atoms with Crippen molar-refractivity contribution in [1.82, 2.24) is 10.2 Å². The van der Waals surface area contributed by atoms with Gasteiger partial charge in [-0.25, -0.2) is 0 Å². The molecule has 0 aromatic rings. The average Bonchev–Trinajstić information content (AvgIpc) is 3.07. The van der Waals surface area contributed by atoms with Crippen LogP contribution in [0.4, 0.5) is 0 Å². The van der Waals surface area contributed by atoms with E-state index in [4.69, 9.17) is 10.5 Å². The maximum Gasteiger partial charge on any atom is 0.241 e. The Balaban J connectivity index is 0.00000312. The molecular weight excluding hydrogens is 342 g/mol. The van der Waals surface area contributed by atoms with Gasteiger partial charge >= 0.3 is 0 Å². The second-order valence-electron chi connectivity index (χ2n) is 7.63. The number of halogens is 1. The molecule has 2 rings (SSSR count). The Labute approximate surface area is 157 Å². The molecule has 3 N–H and O–H groups in total. The topological polar surface area (TPSA) is 84.7 Å². The second-order valence-corrected chi connectivity index (χ2v) is 7.63. The van der Waals surface area contributed by atoms with E-state index in [1.807, 2.05) is 32.7 Å². The molecule has 25 heavy (non-hydrogen) atoms. The first-order chi connectivity index (χ1) is 11.3. The lowest BCUT2D eigenvalue weighted by Gasteiger charge is -2.57. The Morgan fingerprint density at radius 3 is 2.44 bits per heavy atom. The first kappa shape index (κ1) is 22.2. The van der Waals surface area contributed by atoms with Crippen LogP contribution in [0, 0.1) is 11.3 Å². The van der Waals surface area contributed by atoms with Crippen molar-refractivity contribution in [3.05, 3.63) is 0 Å². The van der Waals surface area contributed by atoms with Gasteiger partial charge in [0.05, 0.1) is 18.7 Å². The number of rotatable bonds is 7. The van der Waals surface area contributed by atoms with Crippen LogP contribution < -0.4 is 11.1 Å². The van der Waals surface area contributed by atoms with Crippen LogP contribution in [0.5, 0.6) is 0 Å². The summed E-state index contributed by atoms with van der Waals surface area (Å²) in [6.07, 6.45) is 5.85. The largest absolute Gasteiger partial charge is 0.378 e. The molecule has 2 fully saturated rings. The number of nitrogens with zero attached hydrogens (tertiary/aromatic N) is 1. The number of ether oxygens (including phenoxy) is 1. The molecule has 146 valence electrons. The fourth-order valence-electron chi connectivity index (χ4n) is 4.28. The number of nitrogens with two attached hydrogens (primary N) is 1. The molecule has 0 bridgehead atoms. The highest BCUT2D eigenvalue weighted by molar-refractivity contribution is 5.87. The Morgan fingerprint density at radius 1 is 1.32 bits per heavy atom. The molecule has 2 aliphatic carbocycles. The summed E-state index contributed by atoms with van der Waals surface area (Å²) in [7, 11) is 1.85. The molecule has 2 aliphatic rings. The number of carbonyl (C=O) groups excluding carboxylic acids is 2. The summed E-state index contributed by atoms with van der Waals surface area (Å²) in [4.78, 5) is 26.3. The van der Waals surface area contributed by atoms with Gasteiger partial charge in [-0.15, -0.1) is 12.4 Å². The third kappa shape index (κ3) is 4.47. The van der Waals surface area contributed by atoms with Crippen molar-refractivity contribution in [3.63, 3.8) is 0 Å². The quantitative estimate of drug-likeness (QED) is 0.709. The highest BCUT2D eigenvalue weighted by Crippen LogP contribution is 2.56. The van der Waals surface area contributed by atoms with Gasteiger partial charge in [0, 0.05) is 25.1 Å². The molecule has 3 atom stereocenters. The van der Waals surface area contributed by atoms with Crippen molar-refractivity contribution >= 4 is 24.2 Å². The predicted molar refractivity (Wildman–Crippen MR) is 101 cm³/mol. The maximum absolute atomic E-state index is 12.5. The lowest BCUT2D eigenvalue weighted by atomic mass is 9.60.